The molecule has 0 radical (unpaired) electrons. The zero-order valence-electron chi connectivity index (χ0n) is 11.8. The Hall–Kier alpha value is -1.08. The number of hydrogen-bond acceptors (Lipinski definition) is 3. The second-order valence-electron chi connectivity index (χ2n) is 5.00. The van der Waals surface area contributed by atoms with E-state index < -0.39 is 0 Å². The molecule has 0 unspecified atom stereocenters. The molecule has 0 atom stereocenters. The number of imidazole rings is 1. The smallest absolute Gasteiger partial charge is 0.197 e. The monoisotopic (exact) mass is 416 g/mol. The number of nitrogens with two attached hydrogens (primary N) is 1. The minimum Gasteiger partial charge on any atom is -0.369 e. The Morgan fingerprint density at radius 1 is 1.38 bits per heavy atom. The Balaban J connectivity index is 1.73. The molecule has 114 valence electrons. The predicted octanol–water partition coefficient (Wildman–Crippen LogP) is 3.84. The van der Waals surface area contributed by atoms with E-state index in [1.807, 2.05) is 17.7 Å². The highest BCUT2D eigenvalue weighted by molar-refractivity contribution is 9.13. The average Bonchev–Trinajstić information content (AvgIpc) is 2.97. The molecule has 0 saturated carbocycles. The van der Waals surface area contributed by atoms with Gasteiger partial charge in [0.05, 0.1) is 21.0 Å². The van der Waals surface area contributed by atoms with Crippen LogP contribution in [-0.4, -0.2) is 20.3 Å². The van der Waals surface area contributed by atoms with Crippen molar-refractivity contribution >= 4 is 43.6 Å². The van der Waals surface area contributed by atoms with Gasteiger partial charge in [-0.2, -0.15) is 0 Å². The fourth-order valence-electron chi connectivity index (χ4n) is 2.22. The quantitative estimate of drug-likeness (QED) is 0.530. The van der Waals surface area contributed by atoms with E-state index in [2.05, 4.69) is 41.8 Å². The van der Waals surface area contributed by atoms with Gasteiger partial charge >= 0.3 is 0 Å². The van der Waals surface area contributed by atoms with Crippen molar-refractivity contribution in [3.63, 3.8) is 0 Å². The Kier molecular flexibility index (Phi) is 5.64. The lowest BCUT2D eigenvalue weighted by atomic mass is 10.1. The maximum Gasteiger partial charge on any atom is 0.197 e. The zero-order valence-corrected chi connectivity index (χ0v) is 15.0. The normalized spacial score (nSPS) is 11.0. The molecule has 0 saturated heterocycles. The van der Waals surface area contributed by atoms with Crippen molar-refractivity contribution in [1.29, 1.82) is 0 Å². The molecule has 0 spiro atoms. The number of H-pyrrole nitrogens is 1. The van der Waals surface area contributed by atoms with Crippen molar-refractivity contribution in [2.45, 2.75) is 32.1 Å². The van der Waals surface area contributed by atoms with Gasteiger partial charge in [-0.15, -0.1) is 0 Å². The number of rotatable bonds is 7. The number of aromatic amines is 1. The number of aromatic nitrogens is 3. The van der Waals surface area contributed by atoms with Gasteiger partial charge in [-0.3, -0.25) is 4.79 Å². The van der Waals surface area contributed by atoms with Crippen molar-refractivity contribution in [2.24, 2.45) is 7.05 Å². The number of ketones is 1. The van der Waals surface area contributed by atoms with E-state index in [1.54, 1.807) is 6.20 Å². The first-order valence-corrected chi connectivity index (χ1v) is 8.41. The molecule has 2 rings (SSSR count). The summed E-state index contributed by atoms with van der Waals surface area (Å²) in [5, 5.41) is 0. The Morgan fingerprint density at radius 3 is 2.71 bits per heavy atom. The third-order valence-corrected chi connectivity index (χ3v) is 5.50. The number of nitrogens with one attached hydrogen (secondary N) is 1. The van der Waals surface area contributed by atoms with E-state index >= 15 is 0 Å². The topological polar surface area (TPSA) is 76.7 Å². The Labute approximate surface area is 140 Å². The van der Waals surface area contributed by atoms with E-state index in [1.165, 1.54) is 0 Å². The number of unbranched alkanes of at least 4 members (excludes halogenated alkanes) is 2. The van der Waals surface area contributed by atoms with Crippen LogP contribution in [0.4, 0.5) is 5.95 Å². The van der Waals surface area contributed by atoms with E-state index in [9.17, 15) is 4.79 Å². The minimum absolute atomic E-state index is 0.176. The van der Waals surface area contributed by atoms with Crippen LogP contribution in [0.15, 0.2) is 21.3 Å². The summed E-state index contributed by atoms with van der Waals surface area (Å²) >= 11 is 6.85. The largest absolute Gasteiger partial charge is 0.369 e. The van der Waals surface area contributed by atoms with Gasteiger partial charge in [-0.05, 0) is 57.2 Å². The molecule has 0 fully saturated rings. The third kappa shape index (κ3) is 4.20. The average molecular weight is 418 g/mol. The van der Waals surface area contributed by atoms with Gasteiger partial charge in [-0.25, -0.2) is 4.98 Å². The van der Waals surface area contributed by atoms with E-state index in [-0.39, 0.29) is 5.78 Å². The fraction of sp³-hybridized carbons (Fsp3) is 0.429. The maximum absolute atomic E-state index is 12.2. The summed E-state index contributed by atoms with van der Waals surface area (Å²) in [5.41, 5.74) is 7.30. The molecule has 0 aliphatic carbocycles. The Morgan fingerprint density at radius 2 is 2.14 bits per heavy atom. The number of carbonyl (C=O) groups excluding carboxylic acids is 1. The SMILES string of the molecule is Cn1c(C(=O)CCCCCc2cnc(N)[nH]2)cc(Br)c1Br. The molecule has 0 amide bonds. The number of nitrogens with zero attached hydrogens (tertiary/aromatic N) is 2. The second-order valence-corrected chi connectivity index (χ2v) is 6.61. The Bertz CT molecular complexity index is 633. The molecule has 0 aromatic carbocycles. The van der Waals surface area contributed by atoms with Crippen LogP contribution in [0.1, 0.15) is 41.9 Å². The molecular formula is C14H18Br2N4O. The first kappa shape index (κ1) is 16.3. The van der Waals surface area contributed by atoms with Gasteiger partial charge in [0.2, 0.25) is 0 Å². The molecule has 3 N–H and O–H groups in total. The third-order valence-electron chi connectivity index (χ3n) is 3.40. The number of anilines is 1. The lowest BCUT2D eigenvalue weighted by Gasteiger charge is -2.03. The molecule has 0 aliphatic rings. The van der Waals surface area contributed by atoms with Crippen LogP contribution in [0, 0.1) is 0 Å². The van der Waals surface area contributed by atoms with Gasteiger partial charge in [0, 0.05) is 19.2 Å². The molecule has 2 aromatic rings. The molecule has 21 heavy (non-hydrogen) atoms. The van der Waals surface area contributed by atoms with Gasteiger partial charge < -0.3 is 15.3 Å². The summed E-state index contributed by atoms with van der Waals surface area (Å²) in [6, 6.07) is 1.86. The first-order chi connectivity index (χ1) is 9.99. The molecule has 7 heteroatoms. The summed E-state index contributed by atoms with van der Waals surface area (Å²) in [4.78, 5) is 19.1. The van der Waals surface area contributed by atoms with Crippen LogP contribution in [-0.2, 0) is 13.5 Å². The number of Topliss-reactive ketones (excluding diaryl/α,β-unsaturated/α-hetero) is 1. The first-order valence-electron chi connectivity index (χ1n) is 6.82. The van der Waals surface area contributed by atoms with Gasteiger partial charge in [0.1, 0.15) is 0 Å². The van der Waals surface area contributed by atoms with E-state index in [0.29, 0.717) is 12.4 Å². The van der Waals surface area contributed by atoms with Crippen LogP contribution >= 0.6 is 31.9 Å². The van der Waals surface area contributed by atoms with Crippen LogP contribution in [0.25, 0.3) is 0 Å². The van der Waals surface area contributed by atoms with Gasteiger partial charge in [0.25, 0.3) is 0 Å². The van der Waals surface area contributed by atoms with E-state index in [0.717, 1.165) is 46.1 Å². The number of hydrogen-bond donors (Lipinski definition) is 2. The number of halogens is 2. The molecule has 5 nitrogen and oxygen atoms in total. The highest BCUT2D eigenvalue weighted by Crippen LogP contribution is 2.27. The van der Waals surface area contributed by atoms with Crippen molar-refractivity contribution in [3.05, 3.63) is 32.7 Å². The number of nitrogen functional groups attached to an aromatic ring is 1. The van der Waals surface area contributed by atoms with Crippen LogP contribution in [0.2, 0.25) is 0 Å². The van der Waals surface area contributed by atoms with Crippen LogP contribution < -0.4 is 5.73 Å². The van der Waals surface area contributed by atoms with Crippen molar-refractivity contribution in [3.8, 4) is 0 Å². The lowest BCUT2D eigenvalue weighted by molar-refractivity contribution is 0.0971. The summed E-state index contributed by atoms with van der Waals surface area (Å²) in [5.74, 6) is 0.634. The molecule has 2 aromatic heterocycles. The highest BCUT2D eigenvalue weighted by Gasteiger charge is 2.14. The molecular weight excluding hydrogens is 400 g/mol. The van der Waals surface area contributed by atoms with Gasteiger partial charge in [-0.1, -0.05) is 6.42 Å². The summed E-state index contributed by atoms with van der Waals surface area (Å²) in [6.45, 7) is 0. The standard InChI is InChI=1S/C14H18Br2N4O/c1-20-11(7-10(15)13(20)16)12(21)6-4-2-3-5-9-8-18-14(17)19-9/h7-8H,2-6H2,1H3,(H3,17,18,19). The molecule has 0 bridgehead atoms. The second kappa shape index (κ2) is 7.26. The molecule has 0 aliphatic heterocycles. The van der Waals surface area contributed by atoms with Crippen molar-refractivity contribution in [1.82, 2.24) is 14.5 Å². The molecule has 2 heterocycles. The number of carbonyl (C=O) groups is 1. The van der Waals surface area contributed by atoms with Crippen LogP contribution in [0.3, 0.4) is 0 Å². The predicted molar refractivity (Wildman–Crippen MR) is 90.3 cm³/mol. The minimum atomic E-state index is 0.176. The van der Waals surface area contributed by atoms with Crippen LogP contribution in [0.5, 0.6) is 0 Å². The van der Waals surface area contributed by atoms with E-state index in [4.69, 9.17) is 5.73 Å². The summed E-state index contributed by atoms with van der Waals surface area (Å²) < 4.78 is 3.66. The van der Waals surface area contributed by atoms with Gasteiger partial charge in [0.15, 0.2) is 11.7 Å². The summed E-state index contributed by atoms with van der Waals surface area (Å²) in [6.07, 6.45) is 6.18. The number of aryl methyl sites for hydroxylation is 1. The summed E-state index contributed by atoms with van der Waals surface area (Å²) in [7, 11) is 1.88. The maximum atomic E-state index is 12.2. The van der Waals surface area contributed by atoms with Crippen molar-refractivity contribution in [2.75, 3.05) is 5.73 Å². The lowest BCUT2D eigenvalue weighted by Crippen LogP contribution is -2.05. The zero-order chi connectivity index (χ0) is 15.4. The fourth-order valence-corrected chi connectivity index (χ4v) is 3.01. The highest BCUT2D eigenvalue weighted by atomic mass is 79.9. The van der Waals surface area contributed by atoms with Crippen molar-refractivity contribution < 1.29 is 4.79 Å².